The summed E-state index contributed by atoms with van der Waals surface area (Å²) in [7, 11) is 2.07. The standard InChI is InChI=1S/C24H33FN2O2/c1-5-26(4)24-16-20(15-18(2)19(24)3)22-8-7-21(17-23(22)25)29-12-6-9-27-10-13-28-14-11-27/h7-8,15-17H,5-6,9-14H2,1-4H3. The number of ether oxygens (including phenoxy) is 2. The molecule has 1 fully saturated rings. The van der Waals surface area contributed by atoms with E-state index in [1.54, 1.807) is 0 Å². The molecule has 1 saturated heterocycles. The fourth-order valence-corrected chi connectivity index (χ4v) is 3.69. The number of hydrogen-bond acceptors (Lipinski definition) is 4. The molecule has 29 heavy (non-hydrogen) atoms. The van der Waals surface area contributed by atoms with E-state index in [2.05, 4.69) is 49.8 Å². The first kappa shape index (κ1) is 21.6. The van der Waals surface area contributed by atoms with Crippen LogP contribution < -0.4 is 9.64 Å². The Morgan fingerprint density at radius 3 is 2.59 bits per heavy atom. The van der Waals surface area contributed by atoms with Crippen LogP contribution in [0.3, 0.4) is 0 Å². The normalized spacial score (nSPS) is 14.8. The van der Waals surface area contributed by atoms with Gasteiger partial charge in [-0.25, -0.2) is 4.39 Å². The molecule has 1 aliphatic rings. The molecule has 0 saturated carbocycles. The molecule has 0 N–H and O–H groups in total. The van der Waals surface area contributed by atoms with Crippen molar-refractivity contribution < 1.29 is 13.9 Å². The summed E-state index contributed by atoms with van der Waals surface area (Å²) in [6.07, 6.45) is 0.924. The average molecular weight is 401 g/mol. The molecule has 0 bridgehead atoms. The Hall–Kier alpha value is -2.11. The van der Waals surface area contributed by atoms with Gasteiger partial charge in [0.1, 0.15) is 11.6 Å². The largest absolute Gasteiger partial charge is 0.493 e. The van der Waals surface area contributed by atoms with Crippen LogP contribution in [0.15, 0.2) is 30.3 Å². The van der Waals surface area contributed by atoms with Gasteiger partial charge < -0.3 is 14.4 Å². The molecule has 1 aliphatic heterocycles. The third kappa shape index (κ3) is 5.49. The summed E-state index contributed by atoms with van der Waals surface area (Å²) in [5.74, 6) is 0.340. The molecule has 1 heterocycles. The Morgan fingerprint density at radius 2 is 1.90 bits per heavy atom. The van der Waals surface area contributed by atoms with Crippen LogP contribution >= 0.6 is 0 Å². The van der Waals surface area contributed by atoms with Gasteiger partial charge in [0.15, 0.2) is 0 Å². The van der Waals surface area contributed by atoms with Crippen molar-refractivity contribution in [3.05, 3.63) is 47.3 Å². The smallest absolute Gasteiger partial charge is 0.134 e. The van der Waals surface area contributed by atoms with E-state index < -0.39 is 0 Å². The van der Waals surface area contributed by atoms with Gasteiger partial charge in [0.2, 0.25) is 0 Å². The van der Waals surface area contributed by atoms with Crippen molar-refractivity contribution in [2.45, 2.75) is 27.2 Å². The van der Waals surface area contributed by atoms with Gasteiger partial charge >= 0.3 is 0 Å². The van der Waals surface area contributed by atoms with E-state index in [1.807, 2.05) is 12.1 Å². The van der Waals surface area contributed by atoms with Crippen LogP contribution in [0.5, 0.6) is 5.75 Å². The average Bonchev–Trinajstić information content (AvgIpc) is 2.73. The number of morpholine rings is 1. The van der Waals surface area contributed by atoms with E-state index in [0.717, 1.165) is 57.1 Å². The number of aryl methyl sites for hydroxylation is 1. The lowest BCUT2D eigenvalue weighted by Gasteiger charge is -2.26. The van der Waals surface area contributed by atoms with E-state index in [1.165, 1.54) is 17.2 Å². The lowest BCUT2D eigenvalue weighted by molar-refractivity contribution is 0.0358. The predicted molar refractivity (Wildman–Crippen MR) is 118 cm³/mol. The van der Waals surface area contributed by atoms with Gasteiger partial charge in [0, 0.05) is 50.5 Å². The third-order valence-corrected chi connectivity index (χ3v) is 5.77. The van der Waals surface area contributed by atoms with Crippen molar-refractivity contribution in [2.24, 2.45) is 0 Å². The van der Waals surface area contributed by atoms with Gasteiger partial charge in [-0.15, -0.1) is 0 Å². The summed E-state index contributed by atoms with van der Waals surface area (Å²) in [4.78, 5) is 4.57. The minimum Gasteiger partial charge on any atom is -0.493 e. The molecular weight excluding hydrogens is 367 g/mol. The Labute approximate surface area is 174 Å². The van der Waals surface area contributed by atoms with Crippen molar-refractivity contribution in [1.29, 1.82) is 0 Å². The molecule has 0 aromatic heterocycles. The van der Waals surface area contributed by atoms with Gasteiger partial charge in [0.25, 0.3) is 0 Å². The number of anilines is 1. The van der Waals surface area contributed by atoms with E-state index in [0.29, 0.717) is 17.9 Å². The summed E-state index contributed by atoms with van der Waals surface area (Å²) >= 11 is 0. The highest BCUT2D eigenvalue weighted by Gasteiger charge is 2.13. The van der Waals surface area contributed by atoms with Gasteiger partial charge in [-0.1, -0.05) is 6.07 Å². The second-order valence-corrected chi connectivity index (χ2v) is 7.75. The molecular formula is C24H33FN2O2. The predicted octanol–water partition coefficient (Wildman–Crippen LogP) is 4.67. The molecule has 5 heteroatoms. The van der Waals surface area contributed by atoms with Crippen LogP contribution in [0.4, 0.5) is 10.1 Å². The maximum Gasteiger partial charge on any atom is 0.134 e. The number of rotatable bonds is 8. The number of hydrogen-bond donors (Lipinski definition) is 0. The highest BCUT2D eigenvalue weighted by molar-refractivity contribution is 5.73. The summed E-state index contributed by atoms with van der Waals surface area (Å²) in [5, 5.41) is 0. The second kappa shape index (κ2) is 10.1. The van der Waals surface area contributed by atoms with Crippen molar-refractivity contribution in [3.8, 4) is 16.9 Å². The molecule has 3 rings (SSSR count). The fraction of sp³-hybridized carbons (Fsp3) is 0.500. The van der Waals surface area contributed by atoms with Crippen LogP contribution in [-0.2, 0) is 4.74 Å². The molecule has 2 aromatic rings. The summed E-state index contributed by atoms with van der Waals surface area (Å²) in [6, 6.07) is 9.33. The molecule has 158 valence electrons. The molecule has 4 nitrogen and oxygen atoms in total. The maximum absolute atomic E-state index is 14.9. The molecule has 2 aromatic carbocycles. The first-order valence-electron chi connectivity index (χ1n) is 10.5. The van der Waals surface area contributed by atoms with Gasteiger partial charge in [0.05, 0.1) is 19.8 Å². The summed E-state index contributed by atoms with van der Waals surface area (Å²) in [5.41, 5.74) is 5.06. The molecule has 0 unspecified atom stereocenters. The first-order chi connectivity index (χ1) is 14.0. The van der Waals surface area contributed by atoms with Crippen LogP contribution in [0.25, 0.3) is 11.1 Å². The Morgan fingerprint density at radius 1 is 1.14 bits per heavy atom. The molecule has 0 amide bonds. The van der Waals surface area contributed by atoms with Gasteiger partial charge in [-0.2, -0.15) is 0 Å². The third-order valence-electron chi connectivity index (χ3n) is 5.77. The van der Waals surface area contributed by atoms with E-state index >= 15 is 0 Å². The zero-order valence-electron chi connectivity index (χ0n) is 18.1. The maximum atomic E-state index is 14.9. The van der Waals surface area contributed by atoms with E-state index in [4.69, 9.17) is 9.47 Å². The lowest BCUT2D eigenvalue weighted by atomic mass is 9.97. The van der Waals surface area contributed by atoms with Crippen molar-refractivity contribution >= 4 is 5.69 Å². The van der Waals surface area contributed by atoms with Gasteiger partial charge in [-0.05, 0) is 62.1 Å². The second-order valence-electron chi connectivity index (χ2n) is 7.75. The summed E-state index contributed by atoms with van der Waals surface area (Å²) < 4.78 is 26.0. The van der Waals surface area contributed by atoms with Crippen molar-refractivity contribution in [3.63, 3.8) is 0 Å². The molecule has 0 spiro atoms. The van der Waals surface area contributed by atoms with Crippen LogP contribution in [0, 0.1) is 19.7 Å². The topological polar surface area (TPSA) is 24.9 Å². The highest BCUT2D eigenvalue weighted by Crippen LogP contribution is 2.32. The SMILES string of the molecule is CCN(C)c1cc(-c2ccc(OCCCN3CCOCC3)cc2F)cc(C)c1C. The zero-order chi connectivity index (χ0) is 20.8. The van der Waals surface area contributed by atoms with Crippen LogP contribution in [0.1, 0.15) is 24.5 Å². The number of nitrogens with zero attached hydrogens (tertiary/aromatic N) is 2. The monoisotopic (exact) mass is 400 g/mol. The van der Waals surface area contributed by atoms with E-state index in [-0.39, 0.29) is 5.82 Å². The first-order valence-corrected chi connectivity index (χ1v) is 10.5. The van der Waals surface area contributed by atoms with Gasteiger partial charge in [-0.3, -0.25) is 4.90 Å². The Balaban J connectivity index is 1.65. The quantitative estimate of drug-likeness (QED) is 0.602. The minimum absolute atomic E-state index is 0.246. The van der Waals surface area contributed by atoms with Crippen LogP contribution in [-0.4, -0.2) is 57.9 Å². The van der Waals surface area contributed by atoms with Crippen LogP contribution in [0.2, 0.25) is 0 Å². The lowest BCUT2D eigenvalue weighted by Crippen LogP contribution is -2.37. The molecule has 0 atom stereocenters. The zero-order valence-corrected chi connectivity index (χ0v) is 18.1. The Bertz CT molecular complexity index is 819. The fourth-order valence-electron chi connectivity index (χ4n) is 3.69. The number of halogens is 1. The number of benzene rings is 2. The highest BCUT2D eigenvalue weighted by atomic mass is 19.1. The summed E-state index contributed by atoms with van der Waals surface area (Å²) in [6.45, 7) is 12.4. The minimum atomic E-state index is -0.246. The molecule has 0 aliphatic carbocycles. The van der Waals surface area contributed by atoms with E-state index in [9.17, 15) is 4.39 Å². The van der Waals surface area contributed by atoms with Crippen molar-refractivity contribution in [2.75, 3.05) is 57.9 Å². The molecule has 0 radical (unpaired) electrons. The van der Waals surface area contributed by atoms with Crippen molar-refractivity contribution in [1.82, 2.24) is 4.90 Å². The Kier molecular flexibility index (Phi) is 7.51.